The van der Waals surface area contributed by atoms with Crippen LogP contribution in [0.3, 0.4) is 0 Å². The number of rotatable bonds is 5. The summed E-state index contributed by atoms with van der Waals surface area (Å²) < 4.78 is 28.6. The van der Waals surface area contributed by atoms with Crippen molar-refractivity contribution in [2.24, 2.45) is 0 Å². The first kappa shape index (κ1) is 20.8. The van der Waals surface area contributed by atoms with Crippen molar-refractivity contribution in [3.63, 3.8) is 0 Å². The summed E-state index contributed by atoms with van der Waals surface area (Å²) >= 11 is 1.66. The molecule has 1 fully saturated rings. The highest BCUT2D eigenvalue weighted by atomic mass is 32.2. The molecule has 158 valence electrons. The van der Waals surface area contributed by atoms with Gasteiger partial charge >= 0.3 is 0 Å². The van der Waals surface area contributed by atoms with E-state index in [2.05, 4.69) is 35.3 Å². The summed E-state index contributed by atoms with van der Waals surface area (Å²) in [6.07, 6.45) is 0.992. The predicted molar refractivity (Wildman–Crippen MR) is 121 cm³/mol. The molecule has 30 heavy (non-hydrogen) atoms. The summed E-state index contributed by atoms with van der Waals surface area (Å²) in [6, 6.07) is 12.6. The highest BCUT2D eigenvalue weighted by Gasteiger charge is 2.29. The van der Waals surface area contributed by atoms with Gasteiger partial charge in [-0.25, -0.2) is 13.4 Å². The molecule has 0 aliphatic carbocycles. The molecular weight excluding hydrogens is 420 g/mol. The van der Waals surface area contributed by atoms with Crippen LogP contribution in [-0.4, -0.2) is 49.8 Å². The summed E-state index contributed by atoms with van der Waals surface area (Å²) in [5, 5.41) is 3.58. The number of carbonyl (C=O) groups excluding carboxylic acids is 1. The molecule has 2 aromatic carbocycles. The van der Waals surface area contributed by atoms with E-state index in [0.29, 0.717) is 31.9 Å². The lowest BCUT2D eigenvalue weighted by Crippen LogP contribution is -2.48. The third-order valence-corrected chi connectivity index (χ3v) is 8.16. The maximum Gasteiger partial charge on any atom is 0.243 e. The van der Waals surface area contributed by atoms with E-state index in [1.54, 1.807) is 23.5 Å². The summed E-state index contributed by atoms with van der Waals surface area (Å²) in [6.45, 7) is 5.57. The van der Waals surface area contributed by atoms with Crippen molar-refractivity contribution in [1.29, 1.82) is 0 Å². The number of sulfonamides is 1. The molecule has 9 heteroatoms. The minimum atomic E-state index is -3.57. The first-order chi connectivity index (χ1) is 14.4. The number of anilines is 2. The zero-order valence-electron chi connectivity index (χ0n) is 17.0. The zero-order chi connectivity index (χ0) is 21.3. The van der Waals surface area contributed by atoms with E-state index < -0.39 is 10.0 Å². The lowest BCUT2D eigenvalue weighted by atomic mass is 10.2. The number of aromatic nitrogens is 1. The summed E-state index contributed by atoms with van der Waals surface area (Å²) in [4.78, 5) is 18.3. The van der Waals surface area contributed by atoms with Crippen molar-refractivity contribution in [3.05, 3.63) is 48.0 Å². The Morgan fingerprint density at radius 2 is 1.80 bits per heavy atom. The van der Waals surface area contributed by atoms with Gasteiger partial charge in [-0.05, 0) is 48.4 Å². The molecule has 2 heterocycles. The molecule has 0 atom stereocenters. The lowest BCUT2D eigenvalue weighted by Gasteiger charge is -2.33. The molecule has 1 N–H and O–H groups in total. The van der Waals surface area contributed by atoms with Crippen LogP contribution in [0.2, 0.25) is 0 Å². The maximum absolute atomic E-state index is 13.0. The molecule has 0 spiro atoms. The highest BCUT2D eigenvalue weighted by molar-refractivity contribution is 7.89. The Hall–Kier alpha value is -2.49. The third-order valence-electron chi connectivity index (χ3n) is 5.17. The Bertz CT molecular complexity index is 1160. The van der Waals surface area contributed by atoms with E-state index in [1.165, 1.54) is 33.6 Å². The van der Waals surface area contributed by atoms with Crippen LogP contribution in [0.4, 0.5) is 10.8 Å². The third kappa shape index (κ3) is 4.19. The number of amides is 1. The van der Waals surface area contributed by atoms with E-state index >= 15 is 0 Å². The molecule has 7 nitrogen and oxygen atoms in total. The normalized spacial score (nSPS) is 15.5. The predicted octanol–water partition coefficient (Wildman–Crippen LogP) is 3.33. The van der Waals surface area contributed by atoms with Gasteiger partial charge in [0, 0.05) is 38.8 Å². The van der Waals surface area contributed by atoms with Crippen molar-refractivity contribution in [1.82, 2.24) is 9.29 Å². The number of aryl methyl sites for hydroxylation is 1. The van der Waals surface area contributed by atoms with Crippen LogP contribution in [-0.2, 0) is 21.2 Å². The molecular formula is C21H24N4O3S2. The molecule has 0 saturated carbocycles. The second-order valence-corrected chi connectivity index (χ2v) is 10.2. The average molecular weight is 445 g/mol. The number of thiazole rings is 1. The number of nitrogens with one attached hydrogen (secondary N) is 1. The summed E-state index contributed by atoms with van der Waals surface area (Å²) in [5.74, 6) is -0.192. The molecule has 3 aromatic rings. The number of hydrogen-bond donors (Lipinski definition) is 1. The standard InChI is InChI=1S/C21H24N4O3S2/c1-3-16-4-9-19-20(14-16)29-21(23-19)24-10-12-25(13-11-24)30(27,28)18-7-5-17(6-8-18)22-15(2)26/h4-9,14H,3,10-13H2,1-2H3,(H,22,26). The Kier molecular flexibility index (Phi) is 5.77. The average Bonchev–Trinajstić information content (AvgIpc) is 3.17. The summed E-state index contributed by atoms with van der Waals surface area (Å²) in [7, 11) is -3.57. The monoisotopic (exact) mass is 444 g/mol. The highest BCUT2D eigenvalue weighted by Crippen LogP contribution is 2.31. The van der Waals surface area contributed by atoms with E-state index in [4.69, 9.17) is 4.98 Å². The van der Waals surface area contributed by atoms with Gasteiger partial charge in [-0.2, -0.15) is 4.31 Å². The van der Waals surface area contributed by atoms with Gasteiger partial charge in [0.1, 0.15) is 0 Å². The molecule has 0 bridgehead atoms. The topological polar surface area (TPSA) is 82.6 Å². The first-order valence-electron chi connectivity index (χ1n) is 9.89. The molecule has 1 aliphatic rings. The van der Waals surface area contributed by atoms with E-state index in [9.17, 15) is 13.2 Å². The smallest absolute Gasteiger partial charge is 0.243 e. The van der Waals surface area contributed by atoms with Crippen LogP contribution in [0.25, 0.3) is 10.2 Å². The Labute approximate surface area is 180 Å². The number of carbonyl (C=O) groups is 1. The molecule has 1 amide bonds. The molecule has 0 radical (unpaired) electrons. The van der Waals surface area contributed by atoms with Crippen molar-refractivity contribution in [3.8, 4) is 0 Å². The van der Waals surface area contributed by atoms with Crippen LogP contribution < -0.4 is 10.2 Å². The largest absolute Gasteiger partial charge is 0.345 e. The molecule has 1 saturated heterocycles. The Morgan fingerprint density at radius 3 is 2.43 bits per heavy atom. The minimum Gasteiger partial charge on any atom is -0.345 e. The van der Waals surface area contributed by atoms with Crippen molar-refractivity contribution in [2.45, 2.75) is 25.2 Å². The van der Waals surface area contributed by atoms with Crippen LogP contribution in [0, 0.1) is 0 Å². The minimum absolute atomic E-state index is 0.192. The van der Waals surface area contributed by atoms with Crippen molar-refractivity contribution < 1.29 is 13.2 Å². The molecule has 0 unspecified atom stereocenters. The van der Waals surface area contributed by atoms with Gasteiger partial charge in [0.25, 0.3) is 0 Å². The van der Waals surface area contributed by atoms with Crippen LogP contribution >= 0.6 is 11.3 Å². The SMILES string of the molecule is CCc1ccc2nc(N3CCN(S(=O)(=O)c4ccc(NC(C)=O)cc4)CC3)sc2c1. The summed E-state index contributed by atoms with van der Waals surface area (Å²) in [5.41, 5.74) is 2.85. The maximum atomic E-state index is 13.0. The fourth-order valence-electron chi connectivity index (χ4n) is 3.49. The van der Waals surface area contributed by atoms with Gasteiger partial charge in [0.2, 0.25) is 15.9 Å². The second-order valence-electron chi connectivity index (χ2n) is 7.25. The quantitative estimate of drug-likeness (QED) is 0.653. The number of fused-ring (bicyclic) bond motifs is 1. The van der Waals surface area contributed by atoms with E-state index in [1.807, 2.05) is 0 Å². The van der Waals surface area contributed by atoms with E-state index in [-0.39, 0.29) is 10.8 Å². The van der Waals surface area contributed by atoms with Crippen molar-refractivity contribution >= 4 is 48.3 Å². The number of piperazine rings is 1. The fraction of sp³-hybridized carbons (Fsp3) is 0.333. The van der Waals surface area contributed by atoms with Gasteiger partial charge < -0.3 is 10.2 Å². The number of benzene rings is 2. The van der Waals surface area contributed by atoms with Gasteiger partial charge in [-0.1, -0.05) is 24.3 Å². The van der Waals surface area contributed by atoms with Crippen LogP contribution in [0.15, 0.2) is 47.4 Å². The van der Waals surface area contributed by atoms with Crippen LogP contribution in [0.1, 0.15) is 19.4 Å². The van der Waals surface area contributed by atoms with Crippen molar-refractivity contribution in [2.75, 3.05) is 36.4 Å². The molecule has 4 rings (SSSR count). The number of hydrogen-bond acceptors (Lipinski definition) is 6. The van der Waals surface area contributed by atoms with Gasteiger partial charge in [-0.3, -0.25) is 4.79 Å². The van der Waals surface area contributed by atoms with Gasteiger partial charge in [-0.15, -0.1) is 0 Å². The zero-order valence-corrected chi connectivity index (χ0v) is 18.6. The fourth-order valence-corrected chi connectivity index (χ4v) is 6.00. The molecule has 1 aromatic heterocycles. The lowest BCUT2D eigenvalue weighted by molar-refractivity contribution is -0.114. The van der Waals surface area contributed by atoms with Gasteiger partial charge in [0.15, 0.2) is 5.13 Å². The van der Waals surface area contributed by atoms with Crippen LogP contribution in [0.5, 0.6) is 0 Å². The van der Waals surface area contributed by atoms with E-state index in [0.717, 1.165) is 17.1 Å². The first-order valence-corrected chi connectivity index (χ1v) is 12.1. The van der Waals surface area contributed by atoms with Gasteiger partial charge in [0.05, 0.1) is 15.1 Å². The number of nitrogens with zero attached hydrogens (tertiary/aromatic N) is 3. The Morgan fingerprint density at radius 1 is 1.10 bits per heavy atom. The molecule has 1 aliphatic heterocycles. The second kappa shape index (κ2) is 8.33. The Balaban J connectivity index is 1.45.